The van der Waals surface area contributed by atoms with Crippen LogP contribution in [0.4, 0.5) is 8.78 Å². The maximum absolute atomic E-state index is 13.2. The first-order valence-electron chi connectivity index (χ1n) is 7.89. The highest BCUT2D eigenvalue weighted by molar-refractivity contribution is 5.86. The predicted octanol–water partition coefficient (Wildman–Crippen LogP) is 1.98. The summed E-state index contributed by atoms with van der Waals surface area (Å²) in [5.74, 6) is -1.89. The first-order valence-corrected chi connectivity index (χ1v) is 7.89. The van der Waals surface area contributed by atoms with Crippen LogP contribution in [0.5, 0.6) is 0 Å². The standard InChI is InChI=1S/C17H20F2N2O2/c1-20-7-2-5-17(16(20)23)6-8-21(11-17)15(22)10-12-3-4-13(18)14(19)9-12/h3-4,9H,2,5-8,10-11H2,1H3. The number of carbonyl (C=O) groups excluding carboxylic acids is 2. The molecule has 0 radical (unpaired) electrons. The molecule has 0 N–H and O–H groups in total. The van der Waals surface area contributed by atoms with Gasteiger partial charge in [0.25, 0.3) is 0 Å². The lowest BCUT2D eigenvalue weighted by atomic mass is 9.78. The van der Waals surface area contributed by atoms with Crippen LogP contribution < -0.4 is 0 Å². The van der Waals surface area contributed by atoms with Gasteiger partial charge in [-0.1, -0.05) is 6.07 Å². The molecule has 124 valence electrons. The van der Waals surface area contributed by atoms with Crippen LogP contribution in [0.25, 0.3) is 0 Å². The van der Waals surface area contributed by atoms with Crippen molar-refractivity contribution in [1.82, 2.24) is 9.80 Å². The lowest BCUT2D eigenvalue weighted by Gasteiger charge is -2.37. The molecule has 2 saturated heterocycles. The number of halogens is 2. The molecule has 23 heavy (non-hydrogen) atoms. The van der Waals surface area contributed by atoms with E-state index in [2.05, 4.69) is 0 Å². The quantitative estimate of drug-likeness (QED) is 0.835. The van der Waals surface area contributed by atoms with Crippen LogP contribution in [0.3, 0.4) is 0 Å². The molecule has 6 heteroatoms. The lowest BCUT2D eigenvalue weighted by molar-refractivity contribution is -0.144. The number of rotatable bonds is 2. The Balaban J connectivity index is 1.67. The number of hydrogen-bond acceptors (Lipinski definition) is 2. The first kappa shape index (κ1) is 15.9. The largest absolute Gasteiger partial charge is 0.345 e. The maximum Gasteiger partial charge on any atom is 0.230 e. The first-order chi connectivity index (χ1) is 10.9. The molecule has 1 atom stereocenters. The summed E-state index contributed by atoms with van der Waals surface area (Å²) in [6, 6.07) is 3.50. The van der Waals surface area contributed by atoms with Gasteiger partial charge < -0.3 is 9.80 Å². The SMILES string of the molecule is CN1CCCC2(CCN(C(=O)Cc3ccc(F)c(F)c3)C2)C1=O. The van der Waals surface area contributed by atoms with Gasteiger partial charge >= 0.3 is 0 Å². The number of carbonyl (C=O) groups is 2. The van der Waals surface area contributed by atoms with E-state index in [1.807, 2.05) is 0 Å². The van der Waals surface area contributed by atoms with Crippen LogP contribution in [0.1, 0.15) is 24.8 Å². The van der Waals surface area contributed by atoms with Gasteiger partial charge in [-0.05, 0) is 37.0 Å². The average molecular weight is 322 g/mol. The van der Waals surface area contributed by atoms with Crippen LogP contribution in [0.15, 0.2) is 18.2 Å². The monoisotopic (exact) mass is 322 g/mol. The van der Waals surface area contributed by atoms with Crippen LogP contribution >= 0.6 is 0 Å². The van der Waals surface area contributed by atoms with Gasteiger partial charge in [-0.25, -0.2) is 8.78 Å². The summed E-state index contributed by atoms with van der Waals surface area (Å²) in [4.78, 5) is 28.3. The van der Waals surface area contributed by atoms with Gasteiger partial charge in [0.15, 0.2) is 11.6 Å². The molecular weight excluding hydrogens is 302 g/mol. The number of nitrogens with zero attached hydrogens (tertiary/aromatic N) is 2. The molecule has 2 heterocycles. The number of likely N-dealkylation sites (tertiary alicyclic amines) is 2. The van der Waals surface area contributed by atoms with Crippen molar-refractivity contribution < 1.29 is 18.4 Å². The lowest BCUT2D eigenvalue weighted by Crippen LogP contribution is -2.48. The Kier molecular flexibility index (Phi) is 4.08. The van der Waals surface area contributed by atoms with Crippen LogP contribution in [0, 0.1) is 17.0 Å². The minimum Gasteiger partial charge on any atom is -0.345 e. The third kappa shape index (κ3) is 2.94. The topological polar surface area (TPSA) is 40.6 Å². The fourth-order valence-electron chi connectivity index (χ4n) is 3.67. The van der Waals surface area contributed by atoms with E-state index >= 15 is 0 Å². The van der Waals surface area contributed by atoms with Crippen molar-refractivity contribution in [3.8, 4) is 0 Å². The summed E-state index contributed by atoms with van der Waals surface area (Å²) in [5, 5.41) is 0. The molecular formula is C17H20F2N2O2. The highest BCUT2D eigenvalue weighted by Crippen LogP contribution is 2.39. The second-order valence-electron chi connectivity index (χ2n) is 6.60. The zero-order valence-corrected chi connectivity index (χ0v) is 13.1. The number of piperidine rings is 1. The van der Waals surface area contributed by atoms with Crippen molar-refractivity contribution in [1.29, 1.82) is 0 Å². The van der Waals surface area contributed by atoms with Crippen molar-refractivity contribution in [3.63, 3.8) is 0 Å². The van der Waals surface area contributed by atoms with Gasteiger partial charge in [-0.3, -0.25) is 9.59 Å². The van der Waals surface area contributed by atoms with Gasteiger partial charge in [0.1, 0.15) is 0 Å². The molecule has 0 aromatic heterocycles. The third-order valence-corrected chi connectivity index (χ3v) is 5.00. The van der Waals surface area contributed by atoms with E-state index in [0.29, 0.717) is 25.1 Å². The Labute approximate surface area is 134 Å². The number of amides is 2. The van der Waals surface area contributed by atoms with Crippen molar-refractivity contribution >= 4 is 11.8 Å². The molecule has 3 rings (SSSR count). The van der Waals surface area contributed by atoms with E-state index in [-0.39, 0.29) is 18.2 Å². The Bertz CT molecular complexity index is 649. The van der Waals surface area contributed by atoms with E-state index in [4.69, 9.17) is 0 Å². The maximum atomic E-state index is 13.2. The average Bonchev–Trinajstić information content (AvgIpc) is 2.94. The molecule has 1 unspecified atom stereocenters. The molecule has 2 aliphatic rings. The van der Waals surface area contributed by atoms with E-state index in [9.17, 15) is 18.4 Å². The van der Waals surface area contributed by atoms with Gasteiger partial charge in [0, 0.05) is 26.7 Å². The Morgan fingerprint density at radius 2 is 2.00 bits per heavy atom. The zero-order chi connectivity index (χ0) is 16.6. The van der Waals surface area contributed by atoms with Gasteiger partial charge in [-0.15, -0.1) is 0 Å². The van der Waals surface area contributed by atoms with Crippen molar-refractivity contribution in [2.24, 2.45) is 5.41 Å². The Morgan fingerprint density at radius 1 is 1.22 bits per heavy atom. The second kappa shape index (κ2) is 5.91. The minimum absolute atomic E-state index is 0.0251. The predicted molar refractivity (Wildman–Crippen MR) is 80.6 cm³/mol. The van der Waals surface area contributed by atoms with Crippen molar-refractivity contribution in [2.75, 3.05) is 26.7 Å². The Morgan fingerprint density at radius 3 is 2.74 bits per heavy atom. The smallest absolute Gasteiger partial charge is 0.230 e. The molecule has 0 bridgehead atoms. The number of hydrogen-bond donors (Lipinski definition) is 0. The van der Waals surface area contributed by atoms with Gasteiger partial charge in [0.05, 0.1) is 11.8 Å². The molecule has 2 aliphatic heterocycles. The molecule has 0 aliphatic carbocycles. The molecule has 2 amide bonds. The summed E-state index contributed by atoms with van der Waals surface area (Å²) in [5.41, 5.74) is -0.00147. The Hall–Kier alpha value is -1.98. The molecule has 1 aromatic rings. The summed E-state index contributed by atoms with van der Waals surface area (Å²) in [7, 11) is 1.80. The fraction of sp³-hybridized carbons (Fsp3) is 0.529. The van der Waals surface area contributed by atoms with Crippen LogP contribution in [-0.2, 0) is 16.0 Å². The van der Waals surface area contributed by atoms with Gasteiger partial charge in [-0.2, -0.15) is 0 Å². The molecule has 2 fully saturated rings. The summed E-state index contributed by atoms with van der Waals surface area (Å²) in [6.45, 7) is 1.74. The van der Waals surface area contributed by atoms with Crippen LogP contribution in [-0.4, -0.2) is 48.3 Å². The van der Waals surface area contributed by atoms with E-state index in [0.717, 1.165) is 31.5 Å². The third-order valence-electron chi connectivity index (χ3n) is 5.00. The van der Waals surface area contributed by atoms with Crippen molar-refractivity contribution in [2.45, 2.75) is 25.7 Å². The molecule has 0 saturated carbocycles. The summed E-state index contributed by atoms with van der Waals surface area (Å²) >= 11 is 0. The van der Waals surface area contributed by atoms with Crippen LogP contribution in [0.2, 0.25) is 0 Å². The fourth-order valence-corrected chi connectivity index (χ4v) is 3.67. The van der Waals surface area contributed by atoms with E-state index in [1.54, 1.807) is 16.8 Å². The molecule has 1 aromatic carbocycles. The molecule has 4 nitrogen and oxygen atoms in total. The van der Waals surface area contributed by atoms with E-state index in [1.165, 1.54) is 6.07 Å². The second-order valence-corrected chi connectivity index (χ2v) is 6.60. The van der Waals surface area contributed by atoms with Crippen molar-refractivity contribution in [3.05, 3.63) is 35.4 Å². The minimum atomic E-state index is -0.947. The highest BCUT2D eigenvalue weighted by atomic mass is 19.2. The number of benzene rings is 1. The normalized spacial score (nSPS) is 24.6. The van der Waals surface area contributed by atoms with E-state index < -0.39 is 17.0 Å². The summed E-state index contributed by atoms with van der Waals surface area (Å²) < 4.78 is 26.2. The molecule has 1 spiro atoms. The highest BCUT2D eigenvalue weighted by Gasteiger charge is 2.48. The zero-order valence-electron chi connectivity index (χ0n) is 13.1. The summed E-state index contributed by atoms with van der Waals surface area (Å²) in [6.07, 6.45) is 2.47. The van der Waals surface area contributed by atoms with Gasteiger partial charge in [0.2, 0.25) is 11.8 Å².